The molecule has 0 unspecified atom stereocenters. The van der Waals surface area contributed by atoms with Gasteiger partial charge in [0.2, 0.25) is 5.91 Å². The predicted molar refractivity (Wildman–Crippen MR) is 74.7 cm³/mol. The molecule has 0 aliphatic carbocycles. The zero-order valence-corrected chi connectivity index (χ0v) is 11.0. The molecule has 0 bridgehead atoms. The SMILES string of the molecule is C#Cc1cccc(NC(=O)Cn2nc(C)cc2C)c1. The Balaban J connectivity index is 2.05. The summed E-state index contributed by atoms with van der Waals surface area (Å²) in [5, 5.41) is 7.06. The van der Waals surface area contributed by atoms with E-state index in [0.29, 0.717) is 5.69 Å². The van der Waals surface area contributed by atoms with Gasteiger partial charge in [-0.25, -0.2) is 0 Å². The van der Waals surface area contributed by atoms with E-state index in [4.69, 9.17) is 6.42 Å². The molecule has 2 rings (SSSR count). The van der Waals surface area contributed by atoms with Crippen molar-refractivity contribution in [3.05, 3.63) is 47.3 Å². The number of benzene rings is 1. The second kappa shape index (κ2) is 5.40. The third kappa shape index (κ3) is 3.23. The van der Waals surface area contributed by atoms with Crippen LogP contribution in [0.4, 0.5) is 5.69 Å². The highest BCUT2D eigenvalue weighted by Gasteiger charge is 2.07. The summed E-state index contributed by atoms with van der Waals surface area (Å²) < 4.78 is 1.68. The Hall–Kier alpha value is -2.54. The van der Waals surface area contributed by atoms with Crippen molar-refractivity contribution in [3.63, 3.8) is 0 Å². The van der Waals surface area contributed by atoms with Crippen molar-refractivity contribution in [2.24, 2.45) is 0 Å². The van der Waals surface area contributed by atoms with Gasteiger partial charge in [0.15, 0.2) is 0 Å². The van der Waals surface area contributed by atoms with Gasteiger partial charge < -0.3 is 5.32 Å². The van der Waals surface area contributed by atoms with Crippen molar-refractivity contribution in [2.75, 3.05) is 5.32 Å². The first-order chi connectivity index (χ1) is 9.08. The number of amides is 1. The molecule has 0 aliphatic heterocycles. The van der Waals surface area contributed by atoms with Gasteiger partial charge in [-0.1, -0.05) is 12.0 Å². The number of rotatable bonds is 3. The number of nitrogens with zero attached hydrogens (tertiary/aromatic N) is 2. The Morgan fingerprint density at radius 3 is 2.84 bits per heavy atom. The third-order valence-electron chi connectivity index (χ3n) is 2.71. The minimum Gasteiger partial charge on any atom is -0.324 e. The van der Waals surface area contributed by atoms with E-state index in [2.05, 4.69) is 16.3 Å². The van der Waals surface area contributed by atoms with Crippen molar-refractivity contribution >= 4 is 11.6 Å². The average molecular weight is 253 g/mol. The van der Waals surface area contributed by atoms with Crippen molar-refractivity contribution in [2.45, 2.75) is 20.4 Å². The summed E-state index contributed by atoms with van der Waals surface area (Å²) in [6, 6.07) is 9.13. The fourth-order valence-corrected chi connectivity index (χ4v) is 1.86. The van der Waals surface area contributed by atoms with Gasteiger partial charge in [-0.15, -0.1) is 6.42 Å². The van der Waals surface area contributed by atoms with E-state index in [1.54, 1.807) is 16.8 Å². The van der Waals surface area contributed by atoms with Gasteiger partial charge in [0.1, 0.15) is 6.54 Å². The molecule has 2 aromatic rings. The molecular weight excluding hydrogens is 238 g/mol. The Labute approximate surface area is 112 Å². The van der Waals surface area contributed by atoms with Crippen LogP contribution in [0.1, 0.15) is 17.0 Å². The fraction of sp³-hybridized carbons (Fsp3) is 0.200. The van der Waals surface area contributed by atoms with Crippen LogP contribution in [0.15, 0.2) is 30.3 Å². The Kier molecular flexibility index (Phi) is 3.67. The number of hydrogen-bond donors (Lipinski definition) is 1. The molecule has 0 saturated heterocycles. The first-order valence-electron chi connectivity index (χ1n) is 5.96. The maximum Gasteiger partial charge on any atom is 0.246 e. The van der Waals surface area contributed by atoms with Crippen LogP contribution in [-0.4, -0.2) is 15.7 Å². The molecule has 1 amide bonds. The van der Waals surface area contributed by atoms with Crippen LogP contribution in [-0.2, 0) is 11.3 Å². The molecule has 0 aliphatic rings. The normalized spacial score (nSPS) is 9.95. The van der Waals surface area contributed by atoms with Gasteiger partial charge in [-0.2, -0.15) is 5.10 Å². The van der Waals surface area contributed by atoms with E-state index in [1.165, 1.54) is 0 Å². The number of carbonyl (C=O) groups excluding carboxylic acids is 1. The van der Waals surface area contributed by atoms with Gasteiger partial charge in [0.25, 0.3) is 0 Å². The summed E-state index contributed by atoms with van der Waals surface area (Å²) in [7, 11) is 0. The topological polar surface area (TPSA) is 46.9 Å². The predicted octanol–water partition coefficient (Wildman–Crippen LogP) is 2.12. The summed E-state index contributed by atoms with van der Waals surface area (Å²) in [6.45, 7) is 4.02. The largest absolute Gasteiger partial charge is 0.324 e. The highest BCUT2D eigenvalue weighted by atomic mass is 16.2. The molecule has 4 heteroatoms. The Morgan fingerprint density at radius 1 is 1.42 bits per heavy atom. The summed E-state index contributed by atoms with van der Waals surface area (Å²) in [4.78, 5) is 11.9. The van der Waals surface area contributed by atoms with Crippen LogP contribution in [0.2, 0.25) is 0 Å². The molecule has 1 aromatic carbocycles. The Morgan fingerprint density at radius 2 is 2.21 bits per heavy atom. The van der Waals surface area contributed by atoms with E-state index in [-0.39, 0.29) is 12.5 Å². The summed E-state index contributed by atoms with van der Waals surface area (Å²) >= 11 is 0. The number of terminal acetylenes is 1. The summed E-state index contributed by atoms with van der Waals surface area (Å²) in [5.74, 6) is 2.41. The smallest absolute Gasteiger partial charge is 0.246 e. The third-order valence-corrected chi connectivity index (χ3v) is 2.71. The minimum absolute atomic E-state index is 0.125. The number of aryl methyl sites for hydroxylation is 2. The van der Waals surface area contributed by atoms with Crippen molar-refractivity contribution in [1.29, 1.82) is 0 Å². The molecule has 1 heterocycles. The number of anilines is 1. The average Bonchev–Trinajstić information content (AvgIpc) is 2.68. The van der Waals surface area contributed by atoms with Gasteiger partial charge in [-0.05, 0) is 38.1 Å². The van der Waals surface area contributed by atoms with Gasteiger partial charge in [0, 0.05) is 16.9 Å². The monoisotopic (exact) mass is 253 g/mol. The van der Waals surface area contributed by atoms with Crippen molar-refractivity contribution < 1.29 is 4.79 Å². The summed E-state index contributed by atoms with van der Waals surface area (Å²) in [5.41, 5.74) is 3.30. The van der Waals surface area contributed by atoms with Gasteiger partial charge in [-0.3, -0.25) is 9.48 Å². The molecule has 0 spiro atoms. The zero-order chi connectivity index (χ0) is 13.8. The molecule has 0 atom stereocenters. The van der Waals surface area contributed by atoms with Gasteiger partial charge >= 0.3 is 0 Å². The zero-order valence-electron chi connectivity index (χ0n) is 11.0. The van der Waals surface area contributed by atoms with Crippen LogP contribution in [0.3, 0.4) is 0 Å². The molecule has 4 nitrogen and oxygen atoms in total. The van der Waals surface area contributed by atoms with Crippen LogP contribution in [0.25, 0.3) is 0 Å². The van der Waals surface area contributed by atoms with Crippen molar-refractivity contribution in [3.8, 4) is 12.3 Å². The second-order valence-electron chi connectivity index (χ2n) is 4.36. The lowest BCUT2D eigenvalue weighted by Crippen LogP contribution is -2.20. The molecule has 1 aromatic heterocycles. The summed E-state index contributed by atoms with van der Waals surface area (Å²) in [6.07, 6.45) is 5.32. The second-order valence-corrected chi connectivity index (χ2v) is 4.36. The lowest BCUT2D eigenvalue weighted by Gasteiger charge is -2.07. The van der Waals surface area contributed by atoms with Crippen LogP contribution < -0.4 is 5.32 Å². The van der Waals surface area contributed by atoms with E-state index in [1.807, 2.05) is 32.0 Å². The van der Waals surface area contributed by atoms with Gasteiger partial charge in [0.05, 0.1) is 5.69 Å². The molecule has 0 fully saturated rings. The van der Waals surface area contributed by atoms with Crippen molar-refractivity contribution in [1.82, 2.24) is 9.78 Å². The molecular formula is C15H15N3O. The highest BCUT2D eigenvalue weighted by molar-refractivity contribution is 5.90. The number of nitrogens with one attached hydrogen (secondary N) is 1. The quantitative estimate of drug-likeness (QED) is 0.852. The molecule has 19 heavy (non-hydrogen) atoms. The fourth-order valence-electron chi connectivity index (χ4n) is 1.86. The first-order valence-corrected chi connectivity index (χ1v) is 5.96. The minimum atomic E-state index is -0.125. The van der Waals surface area contributed by atoms with E-state index in [0.717, 1.165) is 17.0 Å². The Bertz CT molecular complexity index is 650. The van der Waals surface area contributed by atoms with Crippen LogP contribution >= 0.6 is 0 Å². The maximum atomic E-state index is 11.9. The van der Waals surface area contributed by atoms with E-state index >= 15 is 0 Å². The lowest BCUT2D eigenvalue weighted by molar-refractivity contribution is -0.116. The highest BCUT2D eigenvalue weighted by Crippen LogP contribution is 2.10. The molecule has 0 saturated carbocycles. The number of carbonyl (C=O) groups is 1. The standard InChI is InChI=1S/C15H15N3O/c1-4-13-6-5-7-14(9-13)16-15(19)10-18-12(3)8-11(2)17-18/h1,5-9H,10H2,2-3H3,(H,16,19). The maximum absolute atomic E-state index is 11.9. The molecule has 0 radical (unpaired) electrons. The van der Waals surface area contributed by atoms with E-state index in [9.17, 15) is 4.79 Å². The van der Waals surface area contributed by atoms with E-state index < -0.39 is 0 Å². The number of aromatic nitrogens is 2. The lowest BCUT2D eigenvalue weighted by atomic mass is 10.2. The van der Waals surface area contributed by atoms with Crippen LogP contribution in [0, 0.1) is 26.2 Å². The number of hydrogen-bond acceptors (Lipinski definition) is 2. The van der Waals surface area contributed by atoms with Crippen LogP contribution in [0.5, 0.6) is 0 Å². The molecule has 1 N–H and O–H groups in total. The molecule has 96 valence electrons. The first kappa shape index (κ1) is 12.9.